The quantitative estimate of drug-likeness (QED) is 0.548. The second-order valence-corrected chi connectivity index (χ2v) is 5.84. The number of rotatable bonds is 10. The Morgan fingerprint density at radius 1 is 0.900 bits per heavy atom. The fraction of sp³-hybridized carbons (Fsp3) is 0.667. The van der Waals surface area contributed by atoms with E-state index in [-0.39, 0.29) is 12.4 Å². The van der Waals surface area contributed by atoms with Crippen molar-refractivity contribution in [3.8, 4) is 0 Å². The molecule has 0 spiro atoms. The van der Waals surface area contributed by atoms with E-state index in [2.05, 4.69) is 50.4 Å². The summed E-state index contributed by atoms with van der Waals surface area (Å²) in [5.41, 5.74) is 2.83. The van der Waals surface area contributed by atoms with E-state index >= 15 is 0 Å². The monoisotopic (exact) mass is 297 g/mol. The normalized spacial score (nSPS) is 10.6. The first-order valence-corrected chi connectivity index (χ1v) is 8.03. The number of unbranched alkanes of at least 4 members (excludes halogenated alkanes) is 5. The maximum atomic E-state index is 3.54. The average Bonchev–Trinajstić information content (AvgIpc) is 2.42. The minimum absolute atomic E-state index is 0. The molecule has 0 atom stereocenters. The first kappa shape index (κ1) is 19.5. The topological polar surface area (TPSA) is 12.0 Å². The standard InChI is InChI=1S/C18H31N.ClH/c1-4-5-6-7-8-9-14-19-15-17-10-12-18(13-11-17)16(2)3;/h10-13,16,19H,4-9,14-15H2,1-3H3;1H. The molecular weight excluding hydrogens is 266 g/mol. The van der Waals surface area contributed by atoms with E-state index in [1.165, 1.54) is 49.7 Å². The Kier molecular flexibility index (Phi) is 11.9. The van der Waals surface area contributed by atoms with Crippen LogP contribution in [0.3, 0.4) is 0 Å². The summed E-state index contributed by atoms with van der Waals surface area (Å²) in [6, 6.07) is 9.02. The van der Waals surface area contributed by atoms with Crippen molar-refractivity contribution < 1.29 is 0 Å². The van der Waals surface area contributed by atoms with Gasteiger partial charge in [0.2, 0.25) is 0 Å². The van der Waals surface area contributed by atoms with Gasteiger partial charge in [-0.2, -0.15) is 0 Å². The summed E-state index contributed by atoms with van der Waals surface area (Å²) < 4.78 is 0. The molecule has 0 amide bonds. The molecule has 0 fully saturated rings. The van der Waals surface area contributed by atoms with Crippen molar-refractivity contribution in [1.82, 2.24) is 5.32 Å². The van der Waals surface area contributed by atoms with Crippen LogP contribution >= 0.6 is 12.4 Å². The molecule has 0 aliphatic rings. The van der Waals surface area contributed by atoms with Gasteiger partial charge < -0.3 is 5.32 Å². The van der Waals surface area contributed by atoms with Gasteiger partial charge >= 0.3 is 0 Å². The van der Waals surface area contributed by atoms with E-state index in [1.807, 2.05) is 0 Å². The zero-order valence-corrected chi connectivity index (χ0v) is 14.3. The summed E-state index contributed by atoms with van der Waals surface area (Å²) in [6.07, 6.45) is 8.24. The number of hydrogen-bond acceptors (Lipinski definition) is 1. The molecule has 0 bridgehead atoms. The molecular formula is C18H32ClN. The van der Waals surface area contributed by atoms with Crippen molar-refractivity contribution in [2.45, 2.75) is 71.8 Å². The molecule has 2 heteroatoms. The predicted molar refractivity (Wildman–Crippen MR) is 92.9 cm³/mol. The molecule has 0 aliphatic carbocycles. The highest BCUT2D eigenvalue weighted by Gasteiger charge is 1.98. The summed E-state index contributed by atoms with van der Waals surface area (Å²) in [5, 5.41) is 3.54. The first-order chi connectivity index (χ1) is 9.24. The molecule has 0 aromatic heterocycles. The van der Waals surface area contributed by atoms with Crippen LogP contribution in [0, 0.1) is 0 Å². The van der Waals surface area contributed by atoms with E-state index in [4.69, 9.17) is 0 Å². The largest absolute Gasteiger partial charge is 0.313 e. The van der Waals surface area contributed by atoms with E-state index < -0.39 is 0 Å². The number of nitrogens with one attached hydrogen (secondary N) is 1. The Balaban J connectivity index is 0.00000361. The molecule has 0 aliphatic heterocycles. The van der Waals surface area contributed by atoms with Crippen LogP contribution in [0.25, 0.3) is 0 Å². The number of halogens is 1. The van der Waals surface area contributed by atoms with Crippen molar-refractivity contribution in [2.75, 3.05) is 6.54 Å². The maximum Gasteiger partial charge on any atom is 0.0205 e. The van der Waals surface area contributed by atoms with E-state index in [9.17, 15) is 0 Å². The van der Waals surface area contributed by atoms with Crippen LogP contribution in [0.4, 0.5) is 0 Å². The highest BCUT2D eigenvalue weighted by Crippen LogP contribution is 2.14. The van der Waals surface area contributed by atoms with Crippen LogP contribution in [-0.2, 0) is 6.54 Å². The third-order valence-electron chi connectivity index (χ3n) is 3.68. The molecule has 0 radical (unpaired) electrons. The molecule has 0 saturated carbocycles. The predicted octanol–water partition coefficient (Wildman–Crippen LogP) is 5.68. The van der Waals surface area contributed by atoms with Crippen LogP contribution in [-0.4, -0.2) is 6.54 Å². The second-order valence-electron chi connectivity index (χ2n) is 5.84. The SMILES string of the molecule is CCCCCCCCNCc1ccc(C(C)C)cc1.Cl. The fourth-order valence-electron chi connectivity index (χ4n) is 2.28. The molecule has 1 nitrogen and oxygen atoms in total. The smallest absolute Gasteiger partial charge is 0.0205 e. The van der Waals surface area contributed by atoms with Gasteiger partial charge in [0.25, 0.3) is 0 Å². The van der Waals surface area contributed by atoms with Crippen LogP contribution in [0.1, 0.15) is 76.3 Å². The lowest BCUT2D eigenvalue weighted by Crippen LogP contribution is -2.14. The van der Waals surface area contributed by atoms with Crippen molar-refractivity contribution in [3.63, 3.8) is 0 Å². The zero-order valence-electron chi connectivity index (χ0n) is 13.5. The van der Waals surface area contributed by atoms with Crippen molar-refractivity contribution in [3.05, 3.63) is 35.4 Å². The van der Waals surface area contributed by atoms with Crippen LogP contribution in [0.5, 0.6) is 0 Å². The fourth-order valence-corrected chi connectivity index (χ4v) is 2.28. The van der Waals surface area contributed by atoms with Crippen LogP contribution in [0.15, 0.2) is 24.3 Å². The lowest BCUT2D eigenvalue weighted by atomic mass is 10.0. The zero-order chi connectivity index (χ0) is 13.9. The van der Waals surface area contributed by atoms with Crippen molar-refractivity contribution >= 4 is 12.4 Å². The molecule has 0 unspecified atom stereocenters. The molecule has 20 heavy (non-hydrogen) atoms. The summed E-state index contributed by atoms with van der Waals surface area (Å²) in [7, 11) is 0. The Morgan fingerprint density at radius 2 is 1.50 bits per heavy atom. The van der Waals surface area contributed by atoms with Gasteiger partial charge in [0.15, 0.2) is 0 Å². The summed E-state index contributed by atoms with van der Waals surface area (Å²) in [6.45, 7) is 8.91. The van der Waals surface area contributed by atoms with E-state index in [1.54, 1.807) is 0 Å². The van der Waals surface area contributed by atoms with Crippen molar-refractivity contribution in [2.24, 2.45) is 0 Å². The summed E-state index contributed by atoms with van der Waals surface area (Å²) >= 11 is 0. The van der Waals surface area contributed by atoms with Gasteiger partial charge in [-0.1, -0.05) is 77.1 Å². The summed E-state index contributed by atoms with van der Waals surface area (Å²) in [5.74, 6) is 0.630. The van der Waals surface area contributed by atoms with Gasteiger partial charge in [0, 0.05) is 6.54 Å². The van der Waals surface area contributed by atoms with Gasteiger partial charge in [-0.05, 0) is 30.0 Å². The Morgan fingerprint density at radius 3 is 2.10 bits per heavy atom. The van der Waals surface area contributed by atoms with Gasteiger partial charge in [0.1, 0.15) is 0 Å². The van der Waals surface area contributed by atoms with Gasteiger partial charge in [-0.15, -0.1) is 12.4 Å². The van der Waals surface area contributed by atoms with Crippen LogP contribution in [0.2, 0.25) is 0 Å². The third-order valence-corrected chi connectivity index (χ3v) is 3.68. The molecule has 1 N–H and O–H groups in total. The van der Waals surface area contributed by atoms with Gasteiger partial charge in [0.05, 0.1) is 0 Å². The lowest BCUT2D eigenvalue weighted by Gasteiger charge is -2.08. The Labute approximate surface area is 132 Å². The molecule has 116 valence electrons. The van der Waals surface area contributed by atoms with Crippen molar-refractivity contribution in [1.29, 1.82) is 0 Å². The molecule has 1 aromatic rings. The Bertz CT molecular complexity index is 319. The minimum atomic E-state index is 0. The minimum Gasteiger partial charge on any atom is -0.313 e. The maximum absolute atomic E-state index is 3.54. The second kappa shape index (κ2) is 12.2. The highest BCUT2D eigenvalue weighted by molar-refractivity contribution is 5.85. The first-order valence-electron chi connectivity index (χ1n) is 8.03. The molecule has 1 rings (SSSR count). The highest BCUT2D eigenvalue weighted by atomic mass is 35.5. The number of hydrogen-bond donors (Lipinski definition) is 1. The molecule has 0 saturated heterocycles. The Hall–Kier alpha value is -0.530. The van der Waals surface area contributed by atoms with E-state index in [0.717, 1.165) is 13.1 Å². The van der Waals surface area contributed by atoms with Crippen LogP contribution < -0.4 is 5.32 Å². The third kappa shape index (κ3) is 8.60. The lowest BCUT2D eigenvalue weighted by molar-refractivity contribution is 0.572. The van der Waals surface area contributed by atoms with Gasteiger partial charge in [-0.3, -0.25) is 0 Å². The molecule has 1 aromatic carbocycles. The molecule has 0 heterocycles. The average molecular weight is 298 g/mol. The summed E-state index contributed by atoms with van der Waals surface area (Å²) in [4.78, 5) is 0. The van der Waals surface area contributed by atoms with E-state index in [0.29, 0.717) is 5.92 Å². The number of benzene rings is 1. The van der Waals surface area contributed by atoms with Gasteiger partial charge in [-0.25, -0.2) is 0 Å².